The van der Waals surface area contributed by atoms with Crippen molar-refractivity contribution in [3.63, 3.8) is 0 Å². The Balaban J connectivity index is 1.56. The predicted molar refractivity (Wildman–Crippen MR) is 74.0 cm³/mol. The van der Waals surface area contributed by atoms with Crippen LogP contribution in [-0.2, 0) is 4.74 Å². The molecule has 96 valence electrons. The van der Waals surface area contributed by atoms with Crippen LogP contribution in [0.25, 0.3) is 10.9 Å². The van der Waals surface area contributed by atoms with Crippen molar-refractivity contribution in [2.24, 2.45) is 0 Å². The monoisotopic (exact) mass is 245 g/mol. The number of benzene rings is 1. The Kier molecular flexibility index (Phi) is 3.48. The van der Waals surface area contributed by atoms with Gasteiger partial charge in [-0.1, -0.05) is 18.2 Å². The molecule has 0 radical (unpaired) electrons. The topological polar surface area (TPSA) is 49.1 Å². The number of aromatic amines is 1. The summed E-state index contributed by atoms with van der Waals surface area (Å²) in [7, 11) is 0. The second-order valence-electron chi connectivity index (χ2n) is 4.66. The molecule has 1 unspecified atom stereocenters. The molecule has 0 spiro atoms. The van der Waals surface area contributed by atoms with Crippen molar-refractivity contribution in [2.75, 3.05) is 31.6 Å². The number of aromatic nitrogens is 1. The molecule has 0 saturated carbocycles. The second kappa shape index (κ2) is 5.42. The highest BCUT2D eigenvalue weighted by atomic mass is 16.5. The summed E-state index contributed by atoms with van der Waals surface area (Å²) in [5, 5.41) is 8.08. The van der Waals surface area contributed by atoms with Crippen LogP contribution in [0.15, 0.2) is 30.5 Å². The van der Waals surface area contributed by atoms with E-state index in [0.29, 0.717) is 6.10 Å². The van der Waals surface area contributed by atoms with Gasteiger partial charge in [-0.3, -0.25) is 0 Å². The van der Waals surface area contributed by atoms with Crippen LogP contribution in [0, 0.1) is 0 Å². The van der Waals surface area contributed by atoms with Crippen molar-refractivity contribution in [3.8, 4) is 0 Å². The van der Waals surface area contributed by atoms with Crippen molar-refractivity contribution in [3.05, 3.63) is 30.5 Å². The zero-order valence-electron chi connectivity index (χ0n) is 10.4. The molecular formula is C14H19N3O. The first-order valence-corrected chi connectivity index (χ1v) is 6.56. The van der Waals surface area contributed by atoms with Gasteiger partial charge in [0.15, 0.2) is 0 Å². The van der Waals surface area contributed by atoms with Gasteiger partial charge in [-0.25, -0.2) is 0 Å². The summed E-state index contributed by atoms with van der Waals surface area (Å²) < 4.78 is 5.67. The van der Waals surface area contributed by atoms with Crippen LogP contribution in [0.1, 0.15) is 6.42 Å². The lowest BCUT2D eigenvalue weighted by molar-refractivity contribution is 0.0258. The molecule has 0 amide bonds. The fourth-order valence-corrected chi connectivity index (χ4v) is 2.39. The van der Waals surface area contributed by atoms with E-state index in [9.17, 15) is 0 Å². The number of hydrogen-bond donors (Lipinski definition) is 3. The van der Waals surface area contributed by atoms with Gasteiger partial charge in [0.1, 0.15) is 0 Å². The number of fused-ring (bicyclic) bond motifs is 1. The number of para-hydroxylation sites is 1. The molecule has 4 nitrogen and oxygen atoms in total. The third kappa shape index (κ3) is 2.49. The van der Waals surface area contributed by atoms with E-state index >= 15 is 0 Å². The third-order valence-electron chi connectivity index (χ3n) is 3.38. The zero-order chi connectivity index (χ0) is 12.2. The van der Waals surface area contributed by atoms with Crippen molar-refractivity contribution in [2.45, 2.75) is 12.5 Å². The molecule has 18 heavy (non-hydrogen) atoms. The number of anilines is 1. The first-order valence-electron chi connectivity index (χ1n) is 6.56. The van der Waals surface area contributed by atoms with Crippen LogP contribution in [0.5, 0.6) is 0 Å². The van der Waals surface area contributed by atoms with Gasteiger partial charge in [0.25, 0.3) is 0 Å². The van der Waals surface area contributed by atoms with E-state index in [2.05, 4.69) is 33.8 Å². The van der Waals surface area contributed by atoms with Crippen LogP contribution < -0.4 is 10.6 Å². The fourth-order valence-electron chi connectivity index (χ4n) is 2.39. The highest BCUT2D eigenvalue weighted by Gasteiger charge is 2.12. The smallest absolute Gasteiger partial charge is 0.0716 e. The summed E-state index contributed by atoms with van der Waals surface area (Å²) in [5.41, 5.74) is 2.35. The molecule has 4 heteroatoms. The molecule has 1 aliphatic rings. The van der Waals surface area contributed by atoms with Gasteiger partial charge in [0.2, 0.25) is 0 Å². The summed E-state index contributed by atoms with van der Waals surface area (Å²) in [6.45, 7) is 3.72. The Morgan fingerprint density at radius 3 is 3.17 bits per heavy atom. The molecule has 1 aromatic heterocycles. The van der Waals surface area contributed by atoms with E-state index < -0.39 is 0 Å². The second-order valence-corrected chi connectivity index (χ2v) is 4.66. The highest BCUT2D eigenvalue weighted by molar-refractivity contribution is 5.92. The normalized spacial score (nSPS) is 20.1. The third-order valence-corrected chi connectivity index (χ3v) is 3.38. The van der Waals surface area contributed by atoms with Crippen LogP contribution in [0.3, 0.4) is 0 Å². The van der Waals surface area contributed by atoms with E-state index in [1.165, 1.54) is 16.6 Å². The fraction of sp³-hybridized carbons (Fsp3) is 0.429. The SMILES string of the molecule is c1ccc2c(NCCC3CNCCO3)c[nH]c2c1. The van der Waals surface area contributed by atoms with Gasteiger partial charge < -0.3 is 20.4 Å². The molecule has 1 fully saturated rings. The number of morpholine rings is 1. The van der Waals surface area contributed by atoms with Crippen LogP contribution in [0.2, 0.25) is 0 Å². The van der Waals surface area contributed by atoms with Crippen LogP contribution >= 0.6 is 0 Å². The Morgan fingerprint density at radius 1 is 1.33 bits per heavy atom. The Hall–Kier alpha value is -1.52. The molecule has 2 heterocycles. The van der Waals surface area contributed by atoms with E-state index in [-0.39, 0.29) is 0 Å². The minimum atomic E-state index is 0.344. The lowest BCUT2D eigenvalue weighted by Gasteiger charge is -2.23. The van der Waals surface area contributed by atoms with E-state index in [1.54, 1.807) is 0 Å². The largest absolute Gasteiger partial charge is 0.383 e. The van der Waals surface area contributed by atoms with Gasteiger partial charge in [-0.2, -0.15) is 0 Å². The van der Waals surface area contributed by atoms with Crippen molar-refractivity contribution in [1.29, 1.82) is 0 Å². The maximum Gasteiger partial charge on any atom is 0.0716 e. The van der Waals surface area contributed by atoms with Gasteiger partial charge >= 0.3 is 0 Å². The maximum absolute atomic E-state index is 5.67. The van der Waals surface area contributed by atoms with Crippen molar-refractivity contribution >= 4 is 16.6 Å². The zero-order valence-corrected chi connectivity index (χ0v) is 10.4. The van der Waals surface area contributed by atoms with Gasteiger partial charge in [0, 0.05) is 36.7 Å². The molecule has 0 aliphatic carbocycles. The maximum atomic E-state index is 5.67. The average molecular weight is 245 g/mol. The Labute approximate surface area is 107 Å². The molecule has 1 aliphatic heterocycles. The Morgan fingerprint density at radius 2 is 2.28 bits per heavy atom. The Bertz CT molecular complexity index is 502. The summed E-state index contributed by atoms with van der Waals surface area (Å²) in [6.07, 6.45) is 3.41. The first-order chi connectivity index (χ1) is 8.93. The lowest BCUT2D eigenvalue weighted by Crippen LogP contribution is -2.39. The molecule has 1 saturated heterocycles. The predicted octanol–water partition coefficient (Wildman–Crippen LogP) is 1.96. The standard InChI is InChI=1S/C14H19N3O/c1-2-4-13-12(3-1)14(10-17-13)16-6-5-11-9-15-7-8-18-11/h1-4,10-11,15-17H,5-9H2. The highest BCUT2D eigenvalue weighted by Crippen LogP contribution is 2.22. The molecular weight excluding hydrogens is 226 g/mol. The van der Waals surface area contributed by atoms with E-state index in [4.69, 9.17) is 4.74 Å². The molecule has 1 aromatic carbocycles. The molecule has 1 atom stereocenters. The van der Waals surface area contributed by atoms with Gasteiger partial charge in [-0.15, -0.1) is 0 Å². The number of H-pyrrole nitrogens is 1. The van der Waals surface area contributed by atoms with Crippen LogP contribution in [0.4, 0.5) is 5.69 Å². The summed E-state index contributed by atoms with van der Waals surface area (Å²) in [6, 6.07) is 8.33. The lowest BCUT2D eigenvalue weighted by atomic mass is 10.2. The minimum absolute atomic E-state index is 0.344. The van der Waals surface area contributed by atoms with Crippen LogP contribution in [-0.4, -0.2) is 37.3 Å². The molecule has 2 aromatic rings. The van der Waals surface area contributed by atoms with Crippen molar-refractivity contribution < 1.29 is 4.74 Å². The number of nitrogens with one attached hydrogen (secondary N) is 3. The van der Waals surface area contributed by atoms with Gasteiger partial charge in [-0.05, 0) is 12.5 Å². The first kappa shape index (κ1) is 11.6. The number of hydrogen-bond acceptors (Lipinski definition) is 3. The molecule has 3 rings (SSSR count). The quantitative estimate of drug-likeness (QED) is 0.771. The number of rotatable bonds is 4. The summed E-state index contributed by atoms with van der Waals surface area (Å²) in [5.74, 6) is 0. The number of ether oxygens (including phenoxy) is 1. The van der Waals surface area contributed by atoms with E-state index in [1.807, 2.05) is 12.3 Å². The van der Waals surface area contributed by atoms with Crippen molar-refractivity contribution in [1.82, 2.24) is 10.3 Å². The molecule has 3 N–H and O–H groups in total. The summed E-state index contributed by atoms with van der Waals surface area (Å²) >= 11 is 0. The molecule has 0 bridgehead atoms. The minimum Gasteiger partial charge on any atom is -0.383 e. The van der Waals surface area contributed by atoms with E-state index in [0.717, 1.165) is 32.7 Å². The van der Waals surface area contributed by atoms with Gasteiger partial charge in [0.05, 0.1) is 18.4 Å². The summed E-state index contributed by atoms with van der Waals surface area (Å²) in [4.78, 5) is 3.27. The average Bonchev–Trinajstić information content (AvgIpc) is 2.84.